The molecular weight excluding hydrogens is 584 g/mol. The van der Waals surface area contributed by atoms with Crippen molar-refractivity contribution in [1.29, 1.82) is 0 Å². The second kappa shape index (κ2) is 12.9. The van der Waals surface area contributed by atoms with Crippen LogP contribution in [0.2, 0.25) is 5.02 Å². The van der Waals surface area contributed by atoms with Gasteiger partial charge in [-0.1, -0.05) is 42.8 Å². The zero-order chi connectivity index (χ0) is 29.9. The van der Waals surface area contributed by atoms with E-state index < -0.39 is 12.1 Å². The molecule has 43 heavy (non-hydrogen) atoms. The summed E-state index contributed by atoms with van der Waals surface area (Å²) in [6.45, 7) is 11.8. The number of nitrogens with zero attached hydrogens (tertiary/aromatic N) is 6. The van der Waals surface area contributed by atoms with Crippen LogP contribution in [0.4, 0.5) is 0 Å². The molecule has 11 heteroatoms. The van der Waals surface area contributed by atoms with Crippen LogP contribution in [0.3, 0.4) is 0 Å². The number of halogens is 1. The molecule has 5 aromatic rings. The van der Waals surface area contributed by atoms with Crippen molar-refractivity contribution < 1.29 is 14.6 Å². The van der Waals surface area contributed by atoms with E-state index >= 15 is 0 Å². The standard InChI is InChI=1S/C32H35ClN6O3S/c1-3-36-13-15-37(16-14-36)11-6-12-38-20-24(19-35-38)23-9-10-28-27(17-23)34-21-39(28)30-18-29(31(43-30)32(40)41)42-22(2)25-7-4-5-8-26(25)33/h4-5,7-10,17-22H,3,6,11-16H2,1-2H3,(H,40,41)/t22-/m1/s1. The van der Waals surface area contributed by atoms with Gasteiger partial charge < -0.3 is 19.6 Å². The predicted octanol–water partition coefficient (Wildman–Crippen LogP) is 6.47. The highest BCUT2D eigenvalue weighted by Crippen LogP contribution is 2.37. The molecule has 1 atom stereocenters. The summed E-state index contributed by atoms with van der Waals surface area (Å²) in [6.07, 6.45) is 6.36. The molecule has 6 rings (SSSR count). The maximum Gasteiger partial charge on any atom is 0.349 e. The van der Waals surface area contributed by atoms with Crippen LogP contribution in [0.5, 0.6) is 5.75 Å². The first-order chi connectivity index (χ1) is 20.9. The molecule has 1 N–H and O–H groups in total. The smallest absolute Gasteiger partial charge is 0.349 e. The minimum Gasteiger partial charge on any atom is -0.484 e. The number of carbonyl (C=O) groups is 1. The number of imidazole rings is 1. The van der Waals surface area contributed by atoms with Gasteiger partial charge in [-0.15, -0.1) is 11.3 Å². The van der Waals surface area contributed by atoms with Crippen LogP contribution >= 0.6 is 22.9 Å². The summed E-state index contributed by atoms with van der Waals surface area (Å²) in [6, 6.07) is 15.3. The van der Waals surface area contributed by atoms with Crippen molar-refractivity contribution in [1.82, 2.24) is 29.1 Å². The molecular formula is C32H35ClN6O3S. The van der Waals surface area contributed by atoms with Crippen LogP contribution in [-0.4, -0.2) is 79.5 Å². The van der Waals surface area contributed by atoms with E-state index in [1.807, 2.05) is 52.7 Å². The fraction of sp³-hybridized carbons (Fsp3) is 0.344. The maximum atomic E-state index is 12.1. The van der Waals surface area contributed by atoms with E-state index in [0.717, 1.165) is 91.3 Å². The van der Waals surface area contributed by atoms with E-state index in [1.165, 1.54) is 0 Å². The monoisotopic (exact) mass is 618 g/mol. The molecule has 4 heterocycles. The normalized spacial score (nSPS) is 15.2. The number of aromatic nitrogens is 4. The molecule has 224 valence electrons. The molecule has 9 nitrogen and oxygen atoms in total. The van der Waals surface area contributed by atoms with Gasteiger partial charge in [0.1, 0.15) is 23.2 Å². The van der Waals surface area contributed by atoms with Gasteiger partial charge in [0.2, 0.25) is 0 Å². The number of rotatable bonds is 11. The molecule has 3 aromatic heterocycles. The van der Waals surface area contributed by atoms with E-state index in [9.17, 15) is 9.90 Å². The Morgan fingerprint density at radius 1 is 1.07 bits per heavy atom. The van der Waals surface area contributed by atoms with Gasteiger partial charge in [-0.05, 0) is 50.2 Å². The summed E-state index contributed by atoms with van der Waals surface area (Å²) in [7, 11) is 0. The van der Waals surface area contributed by atoms with Gasteiger partial charge in [0.05, 0.1) is 17.2 Å². The molecule has 2 aromatic carbocycles. The van der Waals surface area contributed by atoms with Crippen LogP contribution in [0.25, 0.3) is 27.2 Å². The fourth-order valence-electron chi connectivity index (χ4n) is 5.56. The van der Waals surface area contributed by atoms with E-state index in [-0.39, 0.29) is 4.88 Å². The van der Waals surface area contributed by atoms with E-state index in [0.29, 0.717) is 15.8 Å². The van der Waals surface area contributed by atoms with Gasteiger partial charge >= 0.3 is 5.97 Å². The lowest BCUT2D eigenvalue weighted by molar-refractivity contribution is 0.0696. The van der Waals surface area contributed by atoms with Crippen molar-refractivity contribution in [3.63, 3.8) is 0 Å². The Morgan fingerprint density at radius 2 is 1.86 bits per heavy atom. The zero-order valence-electron chi connectivity index (χ0n) is 24.3. The molecule has 0 bridgehead atoms. The molecule has 0 unspecified atom stereocenters. The molecule has 0 amide bonds. The highest BCUT2D eigenvalue weighted by Gasteiger charge is 2.22. The van der Waals surface area contributed by atoms with Crippen LogP contribution in [-0.2, 0) is 6.54 Å². The highest BCUT2D eigenvalue weighted by atomic mass is 35.5. The van der Waals surface area contributed by atoms with Crippen molar-refractivity contribution >= 4 is 39.9 Å². The highest BCUT2D eigenvalue weighted by molar-refractivity contribution is 7.16. The third kappa shape index (κ3) is 6.47. The topological polar surface area (TPSA) is 88.7 Å². The first-order valence-electron chi connectivity index (χ1n) is 14.6. The van der Waals surface area contributed by atoms with Crippen molar-refractivity contribution in [3.8, 4) is 21.9 Å². The van der Waals surface area contributed by atoms with Crippen LogP contribution in [0, 0.1) is 0 Å². The lowest BCUT2D eigenvalue weighted by Crippen LogP contribution is -2.46. The average Bonchev–Trinajstić information content (AvgIpc) is 3.76. The Balaban J connectivity index is 1.15. The number of hydrogen-bond acceptors (Lipinski definition) is 7. The third-order valence-corrected chi connectivity index (χ3v) is 9.50. The Bertz CT molecular complexity index is 1720. The van der Waals surface area contributed by atoms with Gasteiger partial charge in [-0.3, -0.25) is 9.25 Å². The van der Waals surface area contributed by atoms with Gasteiger partial charge in [0.15, 0.2) is 4.88 Å². The van der Waals surface area contributed by atoms with Crippen molar-refractivity contribution in [2.24, 2.45) is 0 Å². The maximum absolute atomic E-state index is 12.1. The molecule has 1 aliphatic heterocycles. The largest absolute Gasteiger partial charge is 0.484 e. The second-order valence-corrected chi connectivity index (χ2v) is 12.2. The Kier molecular flexibility index (Phi) is 8.80. The molecule has 1 saturated heterocycles. The van der Waals surface area contributed by atoms with Gasteiger partial charge in [0, 0.05) is 61.1 Å². The number of fused-ring (bicyclic) bond motifs is 1. The summed E-state index contributed by atoms with van der Waals surface area (Å²) in [5.74, 6) is -0.741. The van der Waals surface area contributed by atoms with Crippen LogP contribution in [0.1, 0.15) is 41.6 Å². The van der Waals surface area contributed by atoms with Crippen molar-refractivity contribution in [2.45, 2.75) is 32.9 Å². The third-order valence-electron chi connectivity index (χ3n) is 8.05. The molecule has 0 saturated carbocycles. The first kappa shape index (κ1) is 29.4. The number of ether oxygens (including phenoxy) is 1. The number of aromatic carboxylic acids is 1. The van der Waals surface area contributed by atoms with E-state index in [2.05, 4.69) is 39.1 Å². The molecule has 0 spiro atoms. The number of carboxylic acids is 1. The van der Waals surface area contributed by atoms with E-state index in [4.69, 9.17) is 16.3 Å². The average molecular weight is 619 g/mol. The number of hydrogen-bond donors (Lipinski definition) is 1. The Labute approximate surface area is 259 Å². The molecule has 1 aliphatic rings. The first-order valence-corrected chi connectivity index (χ1v) is 15.8. The van der Waals surface area contributed by atoms with Gasteiger partial charge in [-0.2, -0.15) is 5.10 Å². The summed E-state index contributed by atoms with van der Waals surface area (Å²) >= 11 is 7.49. The number of piperazine rings is 1. The van der Waals surface area contributed by atoms with Gasteiger partial charge in [-0.25, -0.2) is 9.78 Å². The molecule has 0 radical (unpaired) electrons. The number of thiophene rings is 1. The molecule has 1 fully saturated rings. The fourth-order valence-corrected chi connectivity index (χ4v) is 6.77. The molecule has 0 aliphatic carbocycles. The summed E-state index contributed by atoms with van der Waals surface area (Å²) in [5.41, 5.74) is 4.57. The lowest BCUT2D eigenvalue weighted by atomic mass is 10.1. The second-order valence-electron chi connectivity index (χ2n) is 10.8. The van der Waals surface area contributed by atoms with Crippen molar-refractivity contribution in [2.75, 3.05) is 39.3 Å². The predicted molar refractivity (Wildman–Crippen MR) is 171 cm³/mol. The SMILES string of the molecule is CCN1CCN(CCCn2cc(-c3ccc4c(c3)ncn4-c3cc(O[C@H](C)c4ccccc4Cl)c(C(=O)O)s3)cn2)CC1. The Hall–Kier alpha value is -3.70. The number of benzene rings is 2. The minimum atomic E-state index is -1.04. The van der Waals surface area contributed by atoms with Crippen molar-refractivity contribution in [3.05, 3.63) is 82.7 Å². The van der Waals surface area contributed by atoms with Gasteiger partial charge in [0.25, 0.3) is 0 Å². The summed E-state index contributed by atoms with van der Waals surface area (Å²) in [5, 5.41) is 15.8. The van der Waals surface area contributed by atoms with E-state index in [1.54, 1.807) is 18.5 Å². The minimum absolute atomic E-state index is 0.128. The summed E-state index contributed by atoms with van der Waals surface area (Å²) in [4.78, 5) is 21.9. The Morgan fingerprint density at radius 3 is 2.63 bits per heavy atom. The van der Waals surface area contributed by atoms with Crippen LogP contribution < -0.4 is 4.74 Å². The summed E-state index contributed by atoms with van der Waals surface area (Å²) < 4.78 is 10.0. The van der Waals surface area contributed by atoms with Crippen LogP contribution in [0.15, 0.2) is 67.3 Å². The quantitative estimate of drug-likeness (QED) is 0.181. The lowest BCUT2D eigenvalue weighted by Gasteiger charge is -2.33. The zero-order valence-corrected chi connectivity index (χ0v) is 25.9. The number of aryl methyl sites for hydroxylation is 1. The number of likely N-dealkylation sites (N-methyl/N-ethyl adjacent to an activating group) is 1. The number of carboxylic acid groups (broad SMARTS) is 1.